The molecule has 1 aromatic rings. The second-order valence-electron chi connectivity index (χ2n) is 13.0. The van der Waals surface area contributed by atoms with Crippen LogP contribution in [-0.4, -0.2) is 53.1 Å². The maximum atomic E-state index is 12.7. The van der Waals surface area contributed by atoms with E-state index < -0.39 is 5.60 Å². The van der Waals surface area contributed by atoms with E-state index in [1.54, 1.807) is 11.3 Å². The minimum absolute atomic E-state index is 0.117. The Labute approximate surface area is 210 Å². The van der Waals surface area contributed by atoms with E-state index in [4.69, 9.17) is 4.74 Å². The van der Waals surface area contributed by atoms with Gasteiger partial charge in [-0.05, 0) is 129 Å². The Kier molecular flexibility index (Phi) is 6.01. The van der Waals surface area contributed by atoms with Gasteiger partial charge in [0.2, 0.25) is 0 Å². The Balaban J connectivity index is 1.31. The average Bonchev–Trinajstić information content (AvgIpc) is 3.57. The molecule has 0 bridgehead atoms. The molecule has 0 radical (unpaired) electrons. The van der Waals surface area contributed by atoms with Crippen LogP contribution in [0.4, 0.5) is 0 Å². The molecule has 5 fully saturated rings. The fraction of sp³-hybridized carbons (Fsp3) is 0.862. The molecule has 5 aliphatic rings. The Bertz CT molecular complexity index is 871. The van der Waals surface area contributed by atoms with Crippen LogP contribution in [0.2, 0.25) is 0 Å². The molecule has 2 N–H and O–H groups in total. The van der Waals surface area contributed by atoms with Gasteiger partial charge in [0.25, 0.3) is 0 Å². The number of hydrogen-bond donors (Lipinski definition) is 2. The topological polar surface area (TPSA) is 52.9 Å². The molecule has 1 aliphatic heterocycles. The van der Waals surface area contributed by atoms with Gasteiger partial charge in [-0.25, -0.2) is 0 Å². The van der Waals surface area contributed by atoms with Crippen molar-refractivity contribution in [1.29, 1.82) is 0 Å². The Morgan fingerprint density at radius 1 is 1.03 bits per heavy atom. The summed E-state index contributed by atoms with van der Waals surface area (Å²) in [5, 5.41) is 27.6. The van der Waals surface area contributed by atoms with Crippen LogP contribution in [-0.2, 0) is 10.3 Å². The summed E-state index contributed by atoms with van der Waals surface area (Å²) < 4.78 is 7.03. The van der Waals surface area contributed by atoms with Gasteiger partial charge in [0.05, 0.1) is 18.3 Å². The van der Waals surface area contributed by atoms with Gasteiger partial charge in [-0.2, -0.15) is 11.3 Å². The molecule has 4 saturated carbocycles. The average molecular weight is 488 g/mol. The van der Waals surface area contributed by atoms with Crippen molar-refractivity contribution in [2.75, 3.05) is 26.2 Å². The SMILES string of the molecule is C[C@]12CCC(O)CC1CC[C@@H]1[C@H]2CC[C@]2(C)C(OCCN3CCCC3)(c3ccsc3)CC[C@@]12O. The first-order valence-electron chi connectivity index (χ1n) is 14.1. The normalized spacial score (nSPS) is 48.9. The third kappa shape index (κ3) is 3.29. The summed E-state index contributed by atoms with van der Waals surface area (Å²) in [6.07, 6.45) is 11.8. The van der Waals surface area contributed by atoms with E-state index in [0.717, 1.165) is 64.5 Å². The van der Waals surface area contributed by atoms with Crippen LogP contribution in [0.25, 0.3) is 0 Å². The lowest BCUT2D eigenvalue weighted by atomic mass is 9.43. The van der Waals surface area contributed by atoms with Crippen molar-refractivity contribution in [1.82, 2.24) is 4.90 Å². The number of aliphatic hydroxyl groups excluding tert-OH is 1. The highest BCUT2D eigenvalue weighted by atomic mass is 32.1. The predicted octanol–water partition coefficient (Wildman–Crippen LogP) is 5.57. The summed E-state index contributed by atoms with van der Waals surface area (Å²) in [7, 11) is 0. The summed E-state index contributed by atoms with van der Waals surface area (Å²) in [5.74, 6) is 1.54. The Hall–Kier alpha value is -0.460. The third-order valence-electron chi connectivity index (χ3n) is 11.9. The molecule has 2 heterocycles. The van der Waals surface area contributed by atoms with E-state index in [9.17, 15) is 10.2 Å². The number of rotatable bonds is 5. The van der Waals surface area contributed by atoms with Crippen molar-refractivity contribution in [2.24, 2.45) is 28.6 Å². The maximum Gasteiger partial charge on any atom is 0.102 e. The number of hydrogen-bond acceptors (Lipinski definition) is 5. The fourth-order valence-electron chi connectivity index (χ4n) is 9.83. The first-order chi connectivity index (χ1) is 16.3. The summed E-state index contributed by atoms with van der Waals surface area (Å²) in [4.78, 5) is 2.54. The summed E-state index contributed by atoms with van der Waals surface area (Å²) >= 11 is 1.76. The van der Waals surface area contributed by atoms with Crippen molar-refractivity contribution < 1.29 is 14.9 Å². The highest BCUT2D eigenvalue weighted by Gasteiger charge is 2.72. The van der Waals surface area contributed by atoms with Gasteiger partial charge in [0, 0.05) is 12.0 Å². The number of aliphatic hydroxyl groups is 2. The van der Waals surface area contributed by atoms with Gasteiger partial charge in [-0.3, -0.25) is 0 Å². The van der Waals surface area contributed by atoms with Crippen molar-refractivity contribution in [2.45, 2.75) is 102 Å². The molecular weight excluding hydrogens is 442 g/mol. The lowest BCUT2D eigenvalue weighted by molar-refractivity contribution is -0.249. The molecule has 4 nitrogen and oxygen atoms in total. The number of likely N-dealkylation sites (tertiary alicyclic amines) is 1. The fourth-order valence-corrected chi connectivity index (χ4v) is 10.5. The molecule has 1 saturated heterocycles. The second-order valence-corrected chi connectivity index (χ2v) is 13.7. The van der Waals surface area contributed by atoms with Gasteiger partial charge in [0.1, 0.15) is 5.60 Å². The van der Waals surface area contributed by atoms with Gasteiger partial charge in [-0.1, -0.05) is 13.8 Å². The smallest absolute Gasteiger partial charge is 0.102 e. The van der Waals surface area contributed by atoms with E-state index in [1.807, 2.05) is 0 Å². The van der Waals surface area contributed by atoms with Crippen LogP contribution in [0.3, 0.4) is 0 Å². The Morgan fingerprint density at radius 2 is 1.85 bits per heavy atom. The van der Waals surface area contributed by atoms with Gasteiger partial charge in [-0.15, -0.1) is 0 Å². The minimum Gasteiger partial charge on any atom is -0.393 e. The van der Waals surface area contributed by atoms with Crippen molar-refractivity contribution >= 4 is 11.3 Å². The summed E-state index contributed by atoms with van der Waals surface area (Å²) in [6.45, 7) is 9.05. The number of fused-ring (bicyclic) bond motifs is 5. The second kappa shape index (κ2) is 8.55. The molecule has 6 rings (SSSR count). The number of nitrogens with zero attached hydrogens (tertiary/aromatic N) is 1. The lowest BCUT2D eigenvalue weighted by Crippen LogP contribution is -2.65. The van der Waals surface area contributed by atoms with Crippen molar-refractivity contribution in [3.63, 3.8) is 0 Å². The van der Waals surface area contributed by atoms with Gasteiger partial charge < -0.3 is 19.8 Å². The van der Waals surface area contributed by atoms with E-state index in [2.05, 4.69) is 35.6 Å². The first-order valence-corrected chi connectivity index (χ1v) is 15.1. The van der Waals surface area contributed by atoms with Gasteiger partial charge in [0.15, 0.2) is 0 Å². The molecule has 34 heavy (non-hydrogen) atoms. The monoisotopic (exact) mass is 487 g/mol. The third-order valence-corrected chi connectivity index (χ3v) is 12.6. The Morgan fingerprint density at radius 3 is 2.62 bits per heavy atom. The van der Waals surface area contributed by atoms with Crippen LogP contribution in [0.15, 0.2) is 16.8 Å². The molecule has 5 heteroatoms. The lowest BCUT2D eigenvalue weighted by Gasteiger charge is -2.64. The highest BCUT2D eigenvalue weighted by molar-refractivity contribution is 7.08. The molecule has 4 aliphatic carbocycles. The zero-order valence-corrected chi connectivity index (χ0v) is 22.1. The van der Waals surface area contributed by atoms with Crippen molar-refractivity contribution in [3.05, 3.63) is 22.4 Å². The number of thiophene rings is 1. The van der Waals surface area contributed by atoms with Crippen LogP contribution in [0.5, 0.6) is 0 Å². The number of ether oxygens (including phenoxy) is 1. The molecule has 0 spiro atoms. The highest BCUT2D eigenvalue weighted by Crippen LogP contribution is 2.72. The molecule has 3 unspecified atom stereocenters. The molecular formula is C29H45NO3S. The van der Waals surface area contributed by atoms with Crippen LogP contribution in [0, 0.1) is 28.6 Å². The van der Waals surface area contributed by atoms with Crippen molar-refractivity contribution in [3.8, 4) is 0 Å². The quantitative estimate of drug-likeness (QED) is 0.570. The molecule has 0 amide bonds. The summed E-state index contributed by atoms with van der Waals surface area (Å²) in [6, 6.07) is 2.27. The minimum atomic E-state index is -0.671. The van der Waals surface area contributed by atoms with Crippen LogP contribution >= 0.6 is 11.3 Å². The van der Waals surface area contributed by atoms with E-state index in [-0.39, 0.29) is 22.5 Å². The zero-order chi connectivity index (χ0) is 23.6. The van der Waals surface area contributed by atoms with Crippen LogP contribution < -0.4 is 0 Å². The maximum absolute atomic E-state index is 12.7. The van der Waals surface area contributed by atoms with E-state index in [0.29, 0.717) is 17.8 Å². The molecule has 0 aromatic carbocycles. The predicted molar refractivity (Wildman–Crippen MR) is 137 cm³/mol. The van der Waals surface area contributed by atoms with E-state index in [1.165, 1.54) is 37.9 Å². The molecule has 8 atom stereocenters. The van der Waals surface area contributed by atoms with E-state index >= 15 is 0 Å². The zero-order valence-electron chi connectivity index (χ0n) is 21.3. The largest absolute Gasteiger partial charge is 0.393 e. The standard InChI is InChI=1S/C29H45NO3S/c1-26-10-7-23(31)19-21(26)5-6-25-24(26)8-11-27(2)28(25,32)12-13-29(27,22-9-18-34-20-22)33-17-16-30-14-3-4-15-30/h9,18,20-21,23-25,31-32H,3-8,10-17,19H2,1-2H3/t21?,23?,24-,25-,26+,27+,28-,29?/m1/s1. The van der Waals surface area contributed by atoms with Gasteiger partial charge >= 0.3 is 0 Å². The molecule has 190 valence electrons. The first kappa shape index (κ1) is 23.9. The summed E-state index contributed by atoms with van der Waals surface area (Å²) in [5.41, 5.74) is 0.257. The van der Waals surface area contributed by atoms with Crippen LogP contribution in [0.1, 0.15) is 90.0 Å². The molecule has 1 aromatic heterocycles.